The molecular formula is C18H16BrClN4S. The van der Waals surface area contributed by atoms with E-state index in [0.29, 0.717) is 17.5 Å². The molecule has 0 spiro atoms. The van der Waals surface area contributed by atoms with E-state index in [2.05, 4.69) is 31.7 Å². The molecule has 4 nitrogen and oxygen atoms in total. The van der Waals surface area contributed by atoms with Crippen molar-refractivity contribution in [1.29, 1.82) is 0 Å². The van der Waals surface area contributed by atoms with Crippen LogP contribution in [-0.4, -0.2) is 14.9 Å². The van der Waals surface area contributed by atoms with Gasteiger partial charge in [-0.1, -0.05) is 35.9 Å². The van der Waals surface area contributed by atoms with E-state index in [1.807, 2.05) is 66.3 Å². The lowest BCUT2D eigenvalue weighted by atomic mass is 10.2. The molecule has 128 valence electrons. The van der Waals surface area contributed by atoms with Crippen LogP contribution in [0.15, 0.2) is 59.2 Å². The number of benzene rings is 2. The first kappa shape index (κ1) is 17.9. The number of thiocarbonyl (C=S) groups is 1. The molecule has 0 atom stereocenters. The number of hydrogen-bond donors (Lipinski definition) is 2. The minimum atomic E-state index is 0.489. The maximum atomic E-state index is 5.92. The lowest BCUT2D eigenvalue weighted by Crippen LogP contribution is -2.19. The fourth-order valence-corrected chi connectivity index (χ4v) is 3.09. The van der Waals surface area contributed by atoms with Crippen LogP contribution in [0.25, 0.3) is 0 Å². The minimum Gasteiger partial charge on any atom is -0.332 e. The average molecular weight is 436 g/mol. The molecule has 2 aromatic carbocycles. The summed E-state index contributed by atoms with van der Waals surface area (Å²) in [7, 11) is 0. The normalized spacial score (nSPS) is 10.5. The maximum Gasteiger partial charge on any atom is 0.176 e. The predicted molar refractivity (Wildman–Crippen MR) is 112 cm³/mol. The van der Waals surface area contributed by atoms with Crippen LogP contribution in [0.5, 0.6) is 0 Å². The van der Waals surface area contributed by atoms with Gasteiger partial charge >= 0.3 is 0 Å². The third-order valence-electron chi connectivity index (χ3n) is 3.48. The van der Waals surface area contributed by atoms with Crippen LogP contribution < -0.4 is 10.6 Å². The number of halogens is 2. The molecule has 3 aromatic rings. The molecule has 0 radical (unpaired) electrons. The van der Waals surface area contributed by atoms with Gasteiger partial charge in [0.25, 0.3) is 0 Å². The fourth-order valence-electron chi connectivity index (χ4n) is 2.33. The van der Waals surface area contributed by atoms with Crippen molar-refractivity contribution >= 4 is 56.4 Å². The Kier molecular flexibility index (Phi) is 5.73. The van der Waals surface area contributed by atoms with Gasteiger partial charge in [-0.05, 0) is 70.5 Å². The molecule has 0 amide bonds. The molecule has 0 aliphatic heterocycles. The zero-order valence-corrected chi connectivity index (χ0v) is 16.6. The number of anilines is 2. The van der Waals surface area contributed by atoms with E-state index in [9.17, 15) is 0 Å². The molecule has 0 saturated heterocycles. The third kappa shape index (κ3) is 5.04. The van der Waals surface area contributed by atoms with E-state index in [0.717, 1.165) is 20.7 Å². The molecule has 2 N–H and O–H groups in total. The van der Waals surface area contributed by atoms with Crippen LogP contribution >= 0.6 is 39.7 Å². The average Bonchev–Trinajstić information content (AvgIpc) is 2.89. The van der Waals surface area contributed by atoms with Gasteiger partial charge in [0.1, 0.15) is 0 Å². The second-order valence-corrected chi connectivity index (χ2v) is 7.30. The Labute approximate surface area is 165 Å². The van der Waals surface area contributed by atoms with Gasteiger partial charge in [0.2, 0.25) is 0 Å². The van der Waals surface area contributed by atoms with Crippen molar-refractivity contribution < 1.29 is 0 Å². The number of rotatable bonds is 4. The van der Waals surface area contributed by atoms with Gasteiger partial charge in [0.05, 0.1) is 11.0 Å². The Bertz CT molecular complexity index is 892. The number of aromatic nitrogens is 2. The molecule has 0 unspecified atom stereocenters. The minimum absolute atomic E-state index is 0.489. The Morgan fingerprint density at radius 1 is 1.20 bits per heavy atom. The van der Waals surface area contributed by atoms with Crippen LogP contribution in [0.1, 0.15) is 11.1 Å². The second kappa shape index (κ2) is 7.99. The predicted octanol–water partition coefficient (Wildman–Crippen LogP) is 5.46. The highest BCUT2D eigenvalue weighted by atomic mass is 79.9. The molecule has 1 heterocycles. The number of nitrogens with one attached hydrogen (secondary N) is 2. The molecule has 3 rings (SSSR count). The zero-order valence-electron chi connectivity index (χ0n) is 13.5. The topological polar surface area (TPSA) is 41.9 Å². The van der Waals surface area contributed by atoms with Gasteiger partial charge in [0, 0.05) is 16.9 Å². The van der Waals surface area contributed by atoms with Crippen LogP contribution in [0.2, 0.25) is 5.02 Å². The van der Waals surface area contributed by atoms with Crippen LogP contribution in [0.4, 0.5) is 11.5 Å². The first-order valence-electron chi connectivity index (χ1n) is 7.62. The van der Waals surface area contributed by atoms with E-state index in [-0.39, 0.29) is 0 Å². The molecule has 7 heteroatoms. The summed E-state index contributed by atoms with van der Waals surface area (Å²) in [6.45, 7) is 2.69. The Balaban J connectivity index is 1.65. The van der Waals surface area contributed by atoms with Crippen molar-refractivity contribution in [3.05, 3.63) is 75.4 Å². The monoisotopic (exact) mass is 434 g/mol. The summed E-state index contributed by atoms with van der Waals surface area (Å²) < 4.78 is 2.68. The van der Waals surface area contributed by atoms with E-state index >= 15 is 0 Å². The first-order chi connectivity index (χ1) is 12.0. The smallest absolute Gasteiger partial charge is 0.176 e. The largest absolute Gasteiger partial charge is 0.332 e. The Morgan fingerprint density at radius 2 is 1.96 bits per heavy atom. The summed E-state index contributed by atoms with van der Waals surface area (Å²) in [6, 6.07) is 15.7. The number of nitrogens with zero attached hydrogens (tertiary/aromatic N) is 2. The van der Waals surface area contributed by atoms with Crippen LogP contribution in [0.3, 0.4) is 0 Å². The molecule has 0 fully saturated rings. The van der Waals surface area contributed by atoms with Crippen molar-refractivity contribution in [2.45, 2.75) is 13.5 Å². The Morgan fingerprint density at radius 3 is 2.68 bits per heavy atom. The van der Waals surface area contributed by atoms with Crippen LogP contribution in [0, 0.1) is 6.92 Å². The van der Waals surface area contributed by atoms with Crippen molar-refractivity contribution in [3.63, 3.8) is 0 Å². The molecule has 0 aliphatic rings. The maximum absolute atomic E-state index is 5.92. The third-order valence-corrected chi connectivity index (χ3v) is 4.52. The highest BCUT2D eigenvalue weighted by Crippen LogP contribution is 2.21. The van der Waals surface area contributed by atoms with Gasteiger partial charge in [-0.2, -0.15) is 5.10 Å². The highest BCUT2D eigenvalue weighted by Gasteiger charge is 2.09. The molecular weight excluding hydrogens is 420 g/mol. The lowest BCUT2D eigenvalue weighted by Gasteiger charge is -2.09. The standard InChI is InChI=1S/C18H16BrClN4S/c1-12-3-2-4-15(9-12)21-18(25)22-17-16(19)11-24(23-17)10-13-5-7-14(20)8-6-13/h2-9,11H,10H2,1H3,(H2,21,22,23,25). The van der Waals surface area contributed by atoms with Crippen molar-refractivity contribution in [3.8, 4) is 0 Å². The van der Waals surface area contributed by atoms with E-state index in [1.54, 1.807) is 0 Å². The van der Waals surface area contributed by atoms with Gasteiger partial charge < -0.3 is 10.6 Å². The van der Waals surface area contributed by atoms with E-state index in [1.165, 1.54) is 5.56 Å². The molecule has 0 saturated carbocycles. The van der Waals surface area contributed by atoms with E-state index < -0.39 is 0 Å². The summed E-state index contributed by atoms with van der Waals surface area (Å²) in [4.78, 5) is 0. The van der Waals surface area contributed by atoms with E-state index in [4.69, 9.17) is 23.8 Å². The summed E-state index contributed by atoms with van der Waals surface area (Å²) in [5.41, 5.74) is 3.22. The summed E-state index contributed by atoms with van der Waals surface area (Å²) in [5, 5.41) is 12.0. The molecule has 0 bridgehead atoms. The first-order valence-corrected chi connectivity index (χ1v) is 9.19. The SMILES string of the molecule is Cc1cccc(NC(=S)Nc2nn(Cc3ccc(Cl)cc3)cc2Br)c1. The summed E-state index contributed by atoms with van der Waals surface area (Å²) >= 11 is 14.8. The van der Waals surface area contributed by atoms with Crippen LogP contribution in [-0.2, 0) is 6.54 Å². The van der Waals surface area contributed by atoms with Crippen molar-refractivity contribution in [2.24, 2.45) is 0 Å². The zero-order chi connectivity index (χ0) is 17.8. The van der Waals surface area contributed by atoms with Crippen molar-refractivity contribution in [1.82, 2.24) is 9.78 Å². The summed E-state index contributed by atoms with van der Waals surface area (Å²) in [6.07, 6.45) is 1.91. The van der Waals surface area contributed by atoms with Gasteiger partial charge in [0.15, 0.2) is 10.9 Å². The molecule has 0 aliphatic carbocycles. The number of hydrogen-bond acceptors (Lipinski definition) is 2. The Hall–Kier alpha value is -1.89. The highest BCUT2D eigenvalue weighted by molar-refractivity contribution is 9.10. The number of aryl methyl sites for hydroxylation is 1. The summed E-state index contributed by atoms with van der Waals surface area (Å²) in [5.74, 6) is 0.666. The second-order valence-electron chi connectivity index (χ2n) is 5.60. The van der Waals surface area contributed by atoms with Gasteiger partial charge in [-0.15, -0.1) is 0 Å². The fraction of sp³-hybridized carbons (Fsp3) is 0.111. The van der Waals surface area contributed by atoms with Gasteiger partial charge in [-0.25, -0.2) is 0 Å². The molecule has 25 heavy (non-hydrogen) atoms. The van der Waals surface area contributed by atoms with Gasteiger partial charge in [-0.3, -0.25) is 4.68 Å². The quantitative estimate of drug-likeness (QED) is 0.534. The molecule has 1 aromatic heterocycles. The lowest BCUT2D eigenvalue weighted by molar-refractivity contribution is 0.689. The van der Waals surface area contributed by atoms with Crippen molar-refractivity contribution in [2.75, 3.05) is 10.6 Å².